The molecule has 0 bridgehead atoms. The van der Waals surface area contributed by atoms with Gasteiger partial charge in [-0.15, -0.1) is 0 Å². The van der Waals surface area contributed by atoms with Gasteiger partial charge in [0.2, 0.25) is 0 Å². The van der Waals surface area contributed by atoms with Crippen LogP contribution in [0.5, 0.6) is 17.2 Å². The van der Waals surface area contributed by atoms with E-state index in [1.165, 1.54) is 0 Å². The number of hydrogen-bond donors (Lipinski definition) is 0. The van der Waals surface area contributed by atoms with Gasteiger partial charge < -0.3 is 29.8 Å². The molecular weight excluding hydrogens is 521 g/mol. The first-order chi connectivity index (χ1) is 17.0. The van der Waals surface area contributed by atoms with Gasteiger partial charge in [0, 0.05) is 32.0 Å². The van der Waals surface area contributed by atoms with E-state index >= 15 is 0 Å². The molecule has 0 aliphatic rings. The van der Waals surface area contributed by atoms with Crippen molar-refractivity contribution in [2.24, 2.45) is 0 Å². The summed E-state index contributed by atoms with van der Waals surface area (Å²) in [7, 11) is -0.350. The van der Waals surface area contributed by atoms with Crippen molar-refractivity contribution in [2.45, 2.75) is 20.8 Å². The number of rotatable bonds is 18. The van der Waals surface area contributed by atoms with Crippen molar-refractivity contribution in [3.8, 4) is 17.2 Å². The number of carbonyl (C=O) groups excluding carboxylic acids is 1. The van der Waals surface area contributed by atoms with Crippen LogP contribution in [0.2, 0.25) is 10.0 Å². The van der Waals surface area contributed by atoms with E-state index in [0.29, 0.717) is 92.1 Å². The Bertz CT molecular complexity index is 887. The number of hydrogen-bond acceptors (Lipinski definition) is 7. The van der Waals surface area contributed by atoms with E-state index < -0.39 is 0 Å². The fraction of sp³-hybridized carbons (Fsp3) is 0.480. The molecule has 0 saturated carbocycles. The zero-order valence-electron chi connectivity index (χ0n) is 22.4. The Morgan fingerprint density at radius 1 is 0.778 bits per heavy atom. The van der Waals surface area contributed by atoms with Gasteiger partial charge in [-0.25, -0.2) is 0 Å². The molecule has 0 aromatic heterocycles. The molecule has 0 N–H and O–H groups in total. The zero-order valence-corrected chi connectivity index (χ0v) is 23.9. The standard InChI is InChI=1S/C25H33Cl2O7P.Li.H/c1-4-29-10-13-32-18-16-21(33-14-11-30-5-2)24(22(17-18)34-15-12-31-6-3)35-25(28)23-19(26)8-7-9-20(23)27;;/h7-9,16-17,35H,4-6,10-15H2,1-3H3;;/q;+1;-1. The first-order valence-corrected chi connectivity index (χ1v) is 13.3. The van der Waals surface area contributed by atoms with Crippen molar-refractivity contribution in [3.63, 3.8) is 0 Å². The van der Waals surface area contributed by atoms with Crippen molar-refractivity contribution in [1.29, 1.82) is 0 Å². The third kappa shape index (κ3) is 11.2. The van der Waals surface area contributed by atoms with Gasteiger partial charge in [-0.2, -0.15) is 0 Å². The maximum atomic E-state index is 13.3. The summed E-state index contributed by atoms with van der Waals surface area (Å²) < 4.78 is 34.0. The molecule has 1 atom stereocenters. The molecule has 36 heavy (non-hydrogen) atoms. The molecule has 7 nitrogen and oxygen atoms in total. The molecule has 0 aliphatic heterocycles. The number of carbonyl (C=O) groups is 1. The number of benzene rings is 2. The second kappa shape index (κ2) is 19.1. The topological polar surface area (TPSA) is 72.5 Å². The van der Waals surface area contributed by atoms with Gasteiger partial charge in [-0.3, -0.25) is 4.79 Å². The molecule has 11 heteroatoms. The Morgan fingerprint density at radius 2 is 1.22 bits per heavy atom. The first kappa shape index (κ1) is 33.0. The van der Waals surface area contributed by atoms with Gasteiger partial charge in [0.15, 0.2) is 5.52 Å². The van der Waals surface area contributed by atoms with E-state index in [0.717, 1.165) is 0 Å². The third-order valence-corrected chi connectivity index (χ3v) is 6.40. The number of halogens is 2. The average molecular weight is 555 g/mol. The van der Waals surface area contributed by atoms with Gasteiger partial charge in [0.25, 0.3) is 0 Å². The Kier molecular flexibility index (Phi) is 17.5. The summed E-state index contributed by atoms with van der Waals surface area (Å²) in [6.45, 7) is 9.72. The summed E-state index contributed by atoms with van der Waals surface area (Å²) in [5, 5.41) is 1.18. The molecule has 0 heterocycles. The zero-order chi connectivity index (χ0) is 25.5. The van der Waals surface area contributed by atoms with Crippen LogP contribution in [0.3, 0.4) is 0 Å². The van der Waals surface area contributed by atoms with Crippen LogP contribution < -0.4 is 38.4 Å². The van der Waals surface area contributed by atoms with Crippen LogP contribution in [0.4, 0.5) is 0 Å². The van der Waals surface area contributed by atoms with Crippen LogP contribution in [0.25, 0.3) is 0 Å². The summed E-state index contributed by atoms with van der Waals surface area (Å²) in [5.41, 5.74) is 0.0432. The average Bonchev–Trinajstić information content (AvgIpc) is 2.84. The fourth-order valence-electron chi connectivity index (χ4n) is 2.96. The van der Waals surface area contributed by atoms with E-state index in [4.69, 9.17) is 51.6 Å². The van der Waals surface area contributed by atoms with E-state index in [1.807, 2.05) is 20.8 Å². The van der Waals surface area contributed by atoms with Crippen molar-refractivity contribution < 1.29 is 53.5 Å². The molecule has 2 rings (SSSR count). The molecule has 196 valence electrons. The van der Waals surface area contributed by atoms with Crippen LogP contribution in [-0.4, -0.2) is 65.0 Å². The molecule has 0 radical (unpaired) electrons. The van der Waals surface area contributed by atoms with Crippen molar-refractivity contribution in [1.82, 2.24) is 0 Å². The van der Waals surface area contributed by atoms with E-state index in [2.05, 4.69) is 0 Å². The van der Waals surface area contributed by atoms with Crippen molar-refractivity contribution in [3.05, 3.63) is 45.9 Å². The SMILES string of the molecule is CCOCCOc1cc(OCCOCC)c(PC(=O)c2c(Cl)cccc2Cl)c(OCCOCC)c1.[H-].[Li+]. The summed E-state index contributed by atoms with van der Waals surface area (Å²) in [6.07, 6.45) is 0. The third-order valence-electron chi connectivity index (χ3n) is 4.55. The van der Waals surface area contributed by atoms with Gasteiger partial charge in [0.05, 0.1) is 40.7 Å². The van der Waals surface area contributed by atoms with Crippen molar-refractivity contribution in [2.75, 3.05) is 59.5 Å². The van der Waals surface area contributed by atoms with Gasteiger partial charge in [0.1, 0.15) is 37.1 Å². The summed E-state index contributed by atoms with van der Waals surface area (Å²) in [4.78, 5) is 13.3. The Labute approximate surface area is 238 Å². The van der Waals surface area contributed by atoms with Crippen LogP contribution in [-0.2, 0) is 14.2 Å². The fourth-order valence-corrected chi connectivity index (χ4v) is 4.85. The second-order valence-corrected chi connectivity index (χ2v) is 9.00. The maximum absolute atomic E-state index is 13.3. The second-order valence-electron chi connectivity index (χ2n) is 6.98. The quantitative estimate of drug-likeness (QED) is 0.159. The van der Waals surface area contributed by atoms with Crippen molar-refractivity contribution >= 4 is 42.6 Å². The molecule has 0 saturated heterocycles. The van der Waals surface area contributed by atoms with E-state index in [-0.39, 0.29) is 40.0 Å². The minimum absolute atomic E-state index is 0. The van der Waals surface area contributed by atoms with Crippen LogP contribution in [0, 0.1) is 0 Å². The maximum Gasteiger partial charge on any atom is 1.00 e. The van der Waals surface area contributed by atoms with E-state index in [9.17, 15) is 4.79 Å². The minimum atomic E-state index is -0.350. The molecule has 2 aromatic carbocycles. The van der Waals surface area contributed by atoms with Gasteiger partial charge in [-0.1, -0.05) is 29.3 Å². The van der Waals surface area contributed by atoms with Gasteiger partial charge in [-0.05, 0) is 41.5 Å². The Balaban J connectivity index is 0.00000648. The van der Waals surface area contributed by atoms with Crippen LogP contribution in [0.15, 0.2) is 30.3 Å². The molecular formula is C25H34Cl2LiO7P. The summed E-state index contributed by atoms with van der Waals surface area (Å²) in [6, 6.07) is 8.47. The van der Waals surface area contributed by atoms with Crippen LogP contribution >= 0.6 is 31.8 Å². The smallest absolute Gasteiger partial charge is 1.00 e. The molecule has 0 fully saturated rings. The monoisotopic (exact) mass is 554 g/mol. The predicted octanol–water partition coefficient (Wildman–Crippen LogP) is 2.50. The molecule has 0 spiro atoms. The van der Waals surface area contributed by atoms with Gasteiger partial charge >= 0.3 is 18.9 Å². The molecule has 0 aliphatic carbocycles. The molecule has 0 amide bonds. The summed E-state index contributed by atoms with van der Waals surface area (Å²) >= 11 is 12.6. The molecule has 2 aromatic rings. The largest absolute Gasteiger partial charge is 1.00 e. The predicted molar refractivity (Wildman–Crippen MR) is 142 cm³/mol. The number of ether oxygens (including phenoxy) is 6. The molecule has 1 unspecified atom stereocenters. The first-order valence-electron chi connectivity index (χ1n) is 11.6. The van der Waals surface area contributed by atoms with Crippen LogP contribution in [0.1, 0.15) is 32.6 Å². The minimum Gasteiger partial charge on any atom is -1.00 e. The Morgan fingerprint density at radius 3 is 1.67 bits per heavy atom. The van der Waals surface area contributed by atoms with E-state index in [1.54, 1.807) is 30.3 Å². The normalized spacial score (nSPS) is 10.9. The summed E-state index contributed by atoms with van der Waals surface area (Å²) in [5.74, 6) is 1.49. The Hall–Kier alpha value is -1.00.